The predicted octanol–water partition coefficient (Wildman–Crippen LogP) is 3.28. The number of nitrogens with one attached hydrogen (secondary N) is 1. The number of likely N-dealkylation sites (tertiary alicyclic amines) is 1. The lowest BCUT2D eigenvalue weighted by Gasteiger charge is -2.15. The molecule has 1 aliphatic heterocycles. The van der Waals surface area contributed by atoms with Crippen molar-refractivity contribution in [2.24, 2.45) is 0 Å². The van der Waals surface area contributed by atoms with E-state index >= 15 is 0 Å². The molecule has 0 aliphatic carbocycles. The monoisotopic (exact) mass is 326 g/mol. The van der Waals surface area contributed by atoms with Crippen molar-refractivity contribution in [3.8, 4) is 0 Å². The van der Waals surface area contributed by atoms with E-state index in [0.717, 1.165) is 12.1 Å². The van der Waals surface area contributed by atoms with Gasteiger partial charge in [0.15, 0.2) is 0 Å². The predicted molar refractivity (Wildman–Crippen MR) is 92.9 cm³/mol. The number of halogens is 1. The molecule has 1 aliphatic rings. The molecule has 1 amide bonds. The van der Waals surface area contributed by atoms with Crippen LogP contribution in [0.4, 0.5) is 4.39 Å². The van der Waals surface area contributed by atoms with Gasteiger partial charge in [0.05, 0.1) is 6.42 Å². The maximum absolute atomic E-state index is 13.6. The molecule has 0 radical (unpaired) electrons. The molecule has 3 nitrogen and oxygen atoms in total. The summed E-state index contributed by atoms with van der Waals surface area (Å²) in [7, 11) is 0. The summed E-state index contributed by atoms with van der Waals surface area (Å²) in [4.78, 5) is 14.5. The Morgan fingerprint density at radius 2 is 1.79 bits per heavy atom. The summed E-state index contributed by atoms with van der Waals surface area (Å²) in [6, 6.07) is 14.7. The lowest BCUT2D eigenvalue weighted by Crippen LogP contribution is -2.25. The van der Waals surface area contributed by atoms with Crippen LogP contribution in [0.1, 0.15) is 29.5 Å². The standard InChI is InChI=1S/C20H23FN2O/c21-19-9-2-1-8-18(19)13-20(24)22-14-16-6-5-7-17(12-16)15-23-10-3-4-11-23/h1-2,5-9,12H,3-4,10-11,13-15H2,(H,22,24). The van der Waals surface area contributed by atoms with E-state index in [1.165, 1.54) is 37.6 Å². The molecule has 0 bridgehead atoms. The van der Waals surface area contributed by atoms with Crippen LogP contribution in [-0.2, 0) is 24.3 Å². The molecule has 0 saturated carbocycles. The SMILES string of the molecule is O=C(Cc1ccccc1F)NCc1cccc(CN2CCCC2)c1. The highest BCUT2D eigenvalue weighted by atomic mass is 19.1. The summed E-state index contributed by atoms with van der Waals surface area (Å²) >= 11 is 0. The van der Waals surface area contributed by atoms with Crippen molar-refractivity contribution < 1.29 is 9.18 Å². The van der Waals surface area contributed by atoms with Gasteiger partial charge in [-0.3, -0.25) is 9.69 Å². The molecule has 1 saturated heterocycles. The van der Waals surface area contributed by atoms with Crippen LogP contribution in [0.2, 0.25) is 0 Å². The maximum atomic E-state index is 13.6. The van der Waals surface area contributed by atoms with Crippen molar-refractivity contribution in [3.63, 3.8) is 0 Å². The van der Waals surface area contributed by atoms with Crippen LogP contribution >= 0.6 is 0 Å². The van der Waals surface area contributed by atoms with Crippen molar-refractivity contribution >= 4 is 5.91 Å². The fourth-order valence-corrected chi connectivity index (χ4v) is 3.11. The second kappa shape index (κ2) is 8.06. The Balaban J connectivity index is 1.52. The molecule has 4 heteroatoms. The Morgan fingerprint density at radius 1 is 1.04 bits per heavy atom. The van der Waals surface area contributed by atoms with Gasteiger partial charge in [0.1, 0.15) is 5.82 Å². The molecule has 0 spiro atoms. The first kappa shape index (κ1) is 16.7. The van der Waals surface area contributed by atoms with Crippen LogP contribution < -0.4 is 5.32 Å². The molecule has 126 valence electrons. The van der Waals surface area contributed by atoms with Gasteiger partial charge in [-0.25, -0.2) is 4.39 Å². The Labute approximate surface area is 142 Å². The largest absolute Gasteiger partial charge is 0.352 e. The van der Waals surface area contributed by atoms with Crippen LogP contribution in [0.3, 0.4) is 0 Å². The second-order valence-corrected chi connectivity index (χ2v) is 6.35. The average Bonchev–Trinajstić information content (AvgIpc) is 3.08. The highest BCUT2D eigenvalue weighted by molar-refractivity contribution is 5.78. The Hall–Kier alpha value is -2.20. The Morgan fingerprint density at radius 3 is 2.58 bits per heavy atom. The summed E-state index contributed by atoms with van der Waals surface area (Å²) < 4.78 is 13.6. The highest BCUT2D eigenvalue weighted by Crippen LogP contribution is 2.14. The molecule has 1 heterocycles. The fourth-order valence-electron chi connectivity index (χ4n) is 3.11. The van der Waals surface area contributed by atoms with Gasteiger partial charge in [-0.15, -0.1) is 0 Å². The molecule has 3 rings (SSSR count). The van der Waals surface area contributed by atoms with E-state index in [2.05, 4.69) is 22.3 Å². The molecular formula is C20H23FN2O. The van der Waals surface area contributed by atoms with E-state index in [1.54, 1.807) is 18.2 Å². The van der Waals surface area contributed by atoms with Crippen molar-refractivity contribution in [2.75, 3.05) is 13.1 Å². The van der Waals surface area contributed by atoms with Gasteiger partial charge >= 0.3 is 0 Å². The molecule has 1 fully saturated rings. The van der Waals surface area contributed by atoms with Gasteiger partial charge < -0.3 is 5.32 Å². The zero-order valence-electron chi connectivity index (χ0n) is 13.8. The van der Waals surface area contributed by atoms with Gasteiger partial charge in [0.25, 0.3) is 0 Å². The number of carbonyl (C=O) groups excluding carboxylic acids is 1. The minimum absolute atomic E-state index is 0.0696. The molecule has 24 heavy (non-hydrogen) atoms. The van der Waals surface area contributed by atoms with Gasteiger partial charge in [-0.1, -0.05) is 42.5 Å². The minimum Gasteiger partial charge on any atom is -0.352 e. The molecule has 1 N–H and O–H groups in total. The van der Waals surface area contributed by atoms with Crippen LogP contribution in [0.25, 0.3) is 0 Å². The van der Waals surface area contributed by atoms with Crippen molar-refractivity contribution in [1.82, 2.24) is 10.2 Å². The summed E-state index contributed by atoms with van der Waals surface area (Å²) in [5.74, 6) is -0.495. The Bertz CT molecular complexity index is 696. The number of amides is 1. The smallest absolute Gasteiger partial charge is 0.224 e. The molecule has 0 unspecified atom stereocenters. The lowest BCUT2D eigenvalue weighted by molar-refractivity contribution is -0.120. The van der Waals surface area contributed by atoms with Gasteiger partial charge in [-0.05, 0) is 48.7 Å². The first-order valence-corrected chi connectivity index (χ1v) is 8.51. The van der Waals surface area contributed by atoms with Crippen molar-refractivity contribution in [2.45, 2.75) is 32.4 Å². The van der Waals surface area contributed by atoms with Crippen LogP contribution in [0.15, 0.2) is 48.5 Å². The van der Waals surface area contributed by atoms with Crippen LogP contribution in [0, 0.1) is 5.82 Å². The number of hydrogen-bond donors (Lipinski definition) is 1. The molecule has 2 aromatic rings. The summed E-state index contributed by atoms with van der Waals surface area (Å²) in [6.07, 6.45) is 2.64. The van der Waals surface area contributed by atoms with E-state index in [-0.39, 0.29) is 18.1 Å². The highest BCUT2D eigenvalue weighted by Gasteiger charge is 2.12. The quantitative estimate of drug-likeness (QED) is 0.883. The topological polar surface area (TPSA) is 32.3 Å². The van der Waals surface area contributed by atoms with Crippen LogP contribution in [-0.4, -0.2) is 23.9 Å². The number of hydrogen-bond acceptors (Lipinski definition) is 2. The lowest BCUT2D eigenvalue weighted by atomic mass is 10.1. The second-order valence-electron chi connectivity index (χ2n) is 6.35. The van der Waals surface area contributed by atoms with Gasteiger partial charge in [0.2, 0.25) is 5.91 Å². The van der Waals surface area contributed by atoms with E-state index < -0.39 is 0 Å². The molecule has 2 aromatic carbocycles. The summed E-state index contributed by atoms with van der Waals surface area (Å²) in [5.41, 5.74) is 2.78. The number of rotatable bonds is 6. The van der Waals surface area contributed by atoms with Gasteiger partial charge in [-0.2, -0.15) is 0 Å². The molecular weight excluding hydrogens is 303 g/mol. The summed E-state index contributed by atoms with van der Waals surface area (Å²) in [5, 5.41) is 2.88. The average molecular weight is 326 g/mol. The first-order valence-electron chi connectivity index (χ1n) is 8.51. The van der Waals surface area contributed by atoms with E-state index in [4.69, 9.17) is 0 Å². The number of nitrogens with zero attached hydrogens (tertiary/aromatic N) is 1. The zero-order valence-corrected chi connectivity index (χ0v) is 13.8. The number of benzene rings is 2. The van der Waals surface area contributed by atoms with Crippen molar-refractivity contribution in [3.05, 3.63) is 71.0 Å². The molecule has 0 aromatic heterocycles. The van der Waals surface area contributed by atoms with E-state index in [0.29, 0.717) is 12.1 Å². The van der Waals surface area contributed by atoms with E-state index in [9.17, 15) is 9.18 Å². The maximum Gasteiger partial charge on any atom is 0.224 e. The van der Waals surface area contributed by atoms with Crippen LogP contribution in [0.5, 0.6) is 0 Å². The fraction of sp³-hybridized carbons (Fsp3) is 0.350. The van der Waals surface area contributed by atoms with Gasteiger partial charge in [0, 0.05) is 13.1 Å². The number of carbonyl (C=O) groups is 1. The third-order valence-electron chi connectivity index (χ3n) is 4.39. The molecule has 0 atom stereocenters. The minimum atomic E-state index is -0.333. The Kier molecular flexibility index (Phi) is 5.59. The van der Waals surface area contributed by atoms with Crippen molar-refractivity contribution in [1.29, 1.82) is 0 Å². The third-order valence-corrected chi connectivity index (χ3v) is 4.39. The first-order chi connectivity index (χ1) is 11.7. The summed E-state index contributed by atoms with van der Waals surface area (Å²) in [6.45, 7) is 3.78. The zero-order chi connectivity index (χ0) is 16.8. The normalized spacial score (nSPS) is 14.7. The third kappa shape index (κ3) is 4.65. The van der Waals surface area contributed by atoms with E-state index in [1.807, 2.05) is 12.1 Å².